The van der Waals surface area contributed by atoms with Crippen LogP contribution in [0, 0.1) is 0 Å². The van der Waals surface area contributed by atoms with Crippen LogP contribution in [0.15, 0.2) is 42.7 Å². The monoisotopic (exact) mass is 613 g/mol. The number of carbonyl (C=O) groups is 1. The normalized spacial score (nSPS) is 16.8. The molecule has 238 valence electrons. The smallest absolute Gasteiger partial charge is 0.410 e. The van der Waals surface area contributed by atoms with E-state index in [1.54, 1.807) is 17.0 Å². The van der Waals surface area contributed by atoms with Gasteiger partial charge in [-0.05, 0) is 90.0 Å². The summed E-state index contributed by atoms with van der Waals surface area (Å²) >= 11 is 0. The third kappa shape index (κ3) is 6.79. The fourth-order valence-corrected chi connectivity index (χ4v) is 6.14. The molecule has 0 atom stereocenters. The average Bonchev–Trinajstić information content (AvgIpc) is 3.37. The van der Waals surface area contributed by atoms with Crippen molar-refractivity contribution in [2.24, 2.45) is 0 Å². The summed E-state index contributed by atoms with van der Waals surface area (Å²) < 4.78 is 7.61. The van der Waals surface area contributed by atoms with Gasteiger partial charge in [0, 0.05) is 50.2 Å². The molecule has 0 aliphatic carbocycles. The first-order chi connectivity index (χ1) is 21.6. The second-order valence-electron chi connectivity index (χ2n) is 13.3. The van der Waals surface area contributed by atoms with Crippen molar-refractivity contribution >= 4 is 28.9 Å². The highest BCUT2D eigenvalue weighted by Crippen LogP contribution is 2.34. The van der Waals surface area contributed by atoms with Crippen LogP contribution < -0.4 is 10.2 Å². The number of hydrogen-bond acceptors (Lipinski definition) is 10. The summed E-state index contributed by atoms with van der Waals surface area (Å²) in [5.74, 6) is 1.96. The topological polar surface area (TPSA) is 134 Å². The number of phenolic OH excluding ortho intramolecular Hbond substituents is 1. The number of fused-ring (bicyclic) bond motifs is 1. The highest BCUT2D eigenvalue weighted by atomic mass is 16.6. The van der Waals surface area contributed by atoms with Crippen molar-refractivity contribution in [1.29, 1.82) is 0 Å². The van der Waals surface area contributed by atoms with Crippen LogP contribution in [0.3, 0.4) is 0 Å². The van der Waals surface area contributed by atoms with E-state index in [1.807, 2.05) is 51.4 Å². The van der Waals surface area contributed by atoms with Crippen molar-refractivity contribution < 1.29 is 14.6 Å². The first kappa shape index (κ1) is 30.5. The first-order valence-electron chi connectivity index (χ1n) is 15.9. The summed E-state index contributed by atoms with van der Waals surface area (Å²) in [7, 11) is 0. The highest BCUT2D eigenvalue weighted by Gasteiger charge is 2.29. The number of amides is 1. The molecule has 2 saturated heterocycles. The maximum atomic E-state index is 12.4. The number of para-hydroxylation sites is 1. The minimum Gasteiger partial charge on any atom is -0.507 e. The van der Waals surface area contributed by atoms with Crippen LogP contribution in [-0.2, 0) is 4.74 Å². The molecule has 0 radical (unpaired) electrons. The molecule has 3 aromatic heterocycles. The van der Waals surface area contributed by atoms with Gasteiger partial charge in [-0.1, -0.05) is 12.1 Å². The molecule has 0 spiro atoms. The summed E-state index contributed by atoms with van der Waals surface area (Å²) in [5.41, 5.74) is 3.50. The van der Waals surface area contributed by atoms with Crippen molar-refractivity contribution in [3.8, 4) is 17.0 Å². The Morgan fingerprint density at radius 3 is 2.33 bits per heavy atom. The molecule has 1 aromatic carbocycles. The number of ether oxygens (including phenoxy) is 1. The molecule has 5 heterocycles. The van der Waals surface area contributed by atoms with E-state index >= 15 is 0 Å². The van der Waals surface area contributed by atoms with Crippen LogP contribution in [0.2, 0.25) is 0 Å². The largest absolute Gasteiger partial charge is 0.507 e. The molecule has 6 rings (SSSR count). The van der Waals surface area contributed by atoms with E-state index in [0.717, 1.165) is 67.1 Å². The molecular formula is C33H43N9O3. The van der Waals surface area contributed by atoms with Crippen molar-refractivity contribution in [2.45, 2.75) is 83.9 Å². The van der Waals surface area contributed by atoms with E-state index in [0.29, 0.717) is 30.3 Å². The number of piperidine rings is 2. The Hall–Kier alpha value is -4.48. The Morgan fingerprint density at radius 2 is 1.69 bits per heavy atom. The number of nitrogens with one attached hydrogen (secondary N) is 1. The third-order valence-electron chi connectivity index (χ3n) is 8.43. The number of carbonyl (C=O) groups excluding carboxylic acids is 1. The van der Waals surface area contributed by atoms with E-state index < -0.39 is 5.60 Å². The summed E-state index contributed by atoms with van der Waals surface area (Å²) in [6, 6.07) is 9.51. The van der Waals surface area contributed by atoms with Gasteiger partial charge in [-0.2, -0.15) is 5.10 Å². The van der Waals surface area contributed by atoms with Crippen molar-refractivity contribution in [1.82, 2.24) is 34.8 Å². The van der Waals surface area contributed by atoms with Crippen LogP contribution >= 0.6 is 0 Å². The SMILES string of the molecule is CC(C)Nc1nn(C2CCN(c3ncc(C4CCN(C(=O)OC(C)(C)C)CC4)cn3)CC2)c2cc(-c3ccccc3O)nnc12. The second kappa shape index (κ2) is 12.5. The van der Waals surface area contributed by atoms with E-state index in [-0.39, 0.29) is 23.9 Å². The Morgan fingerprint density at radius 1 is 1.00 bits per heavy atom. The number of hydrogen-bond donors (Lipinski definition) is 2. The molecule has 12 nitrogen and oxygen atoms in total. The summed E-state index contributed by atoms with van der Waals surface area (Å²) in [6.07, 6.45) is 7.15. The van der Waals surface area contributed by atoms with Crippen LogP contribution in [-0.4, -0.2) is 83.9 Å². The third-order valence-corrected chi connectivity index (χ3v) is 8.43. The van der Waals surface area contributed by atoms with Gasteiger partial charge in [0.1, 0.15) is 11.4 Å². The van der Waals surface area contributed by atoms with Gasteiger partial charge in [0.05, 0.1) is 17.3 Å². The fraction of sp³-hybridized carbons (Fsp3) is 0.515. The zero-order valence-corrected chi connectivity index (χ0v) is 26.8. The van der Waals surface area contributed by atoms with Gasteiger partial charge in [-0.25, -0.2) is 14.8 Å². The number of rotatable bonds is 6. The van der Waals surface area contributed by atoms with Gasteiger partial charge in [0.15, 0.2) is 11.3 Å². The van der Waals surface area contributed by atoms with Gasteiger partial charge >= 0.3 is 6.09 Å². The molecule has 2 aliphatic heterocycles. The Kier molecular flexibility index (Phi) is 8.48. The van der Waals surface area contributed by atoms with Gasteiger partial charge < -0.3 is 25.0 Å². The first-order valence-corrected chi connectivity index (χ1v) is 15.9. The van der Waals surface area contributed by atoms with Crippen LogP contribution in [0.5, 0.6) is 5.75 Å². The second-order valence-corrected chi connectivity index (χ2v) is 13.3. The summed E-state index contributed by atoms with van der Waals surface area (Å²) in [5, 5.41) is 27.8. The molecule has 0 bridgehead atoms. The Balaban J connectivity index is 1.12. The number of likely N-dealkylation sites (tertiary alicyclic amines) is 1. The number of aromatic hydroxyl groups is 1. The molecule has 0 saturated carbocycles. The summed E-state index contributed by atoms with van der Waals surface area (Å²) in [6.45, 7) is 12.8. The quantitative estimate of drug-likeness (QED) is 0.276. The zero-order valence-electron chi connectivity index (χ0n) is 26.8. The van der Waals surface area contributed by atoms with Crippen LogP contribution in [0.25, 0.3) is 22.3 Å². The molecule has 2 aliphatic rings. The lowest BCUT2D eigenvalue weighted by Crippen LogP contribution is -2.41. The molecule has 12 heteroatoms. The predicted molar refractivity (Wildman–Crippen MR) is 173 cm³/mol. The number of benzene rings is 1. The lowest BCUT2D eigenvalue weighted by Gasteiger charge is -2.34. The Bertz CT molecular complexity index is 1630. The molecule has 4 aromatic rings. The van der Waals surface area contributed by atoms with Crippen LogP contribution in [0.4, 0.5) is 16.6 Å². The molecule has 2 N–H and O–H groups in total. The van der Waals surface area contributed by atoms with Gasteiger partial charge in [0.2, 0.25) is 5.95 Å². The van der Waals surface area contributed by atoms with E-state index in [2.05, 4.69) is 38.9 Å². The van der Waals surface area contributed by atoms with E-state index in [4.69, 9.17) is 19.8 Å². The highest BCUT2D eigenvalue weighted by molar-refractivity contribution is 5.88. The van der Waals surface area contributed by atoms with Crippen molar-refractivity contribution in [2.75, 3.05) is 36.4 Å². The predicted octanol–water partition coefficient (Wildman–Crippen LogP) is 5.77. The van der Waals surface area contributed by atoms with Crippen molar-refractivity contribution in [3.63, 3.8) is 0 Å². The number of nitrogens with zero attached hydrogens (tertiary/aromatic N) is 8. The van der Waals surface area contributed by atoms with E-state index in [1.165, 1.54) is 0 Å². The van der Waals surface area contributed by atoms with Crippen LogP contribution in [0.1, 0.15) is 77.8 Å². The molecule has 0 unspecified atom stereocenters. The van der Waals surface area contributed by atoms with Gasteiger partial charge in [-0.15, -0.1) is 10.2 Å². The molecule has 1 amide bonds. The number of phenols is 1. The molecular weight excluding hydrogens is 570 g/mol. The Labute approximate surface area is 263 Å². The lowest BCUT2D eigenvalue weighted by molar-refractivity contribution is 0.0204. The van der Waals surface area contributed by atoms with Gasteiger partial charge in [-0.3, -0.25) is 4.68 Å². The maximum Gasteiger partial charge on any atom is 0.410 e. The minimum absolute atomic E-state index is 0.169. The standard InChI is InChI=1S/C33H43N9O3/c1-21(2)36-30-29-27(18-26(37-38-29)25-8-6-7-9-28(25)43)42(39-30)24-12-16-40(17-13-24)31-34-19-23(20-35-31)22-10-14-41(15-11-22)32(44)45-33(3,4)5/h6-9,18-22,24,43H,10-17H2,1-5H3,(H,36,39). The fourth-order valence-electron chi connectivity index (χ4n) is 6.14. The minimum atomic E-state index is -0.488. The number of anilines is 2. The zero-order chi connectivity index (χ0) is 31.7. The molecule has 2 fully saturated rings. The molecule has 45 heavy (non-hydrogen) atoms. The van der Waals surface area contributed by atoms with E-state index in [9.17, 15) is 9.90 Å². The summed E-state index contributed by atoms with van der Waals surface area (Å²) in [4.78, 5) is 26.0. The lowest BCUT2D eigenvalue weighted by atomic mass is 9.91. The number of aromatic nitrogens is 6. The van der Waals surface area contributed by atoms with Gasteiger partial charge in [0.25, 0.3) is 0 Å². The maximum absolute atomic E-state index is 12.4. The average molecular weight is 614 g/mol. The van der Waals surface area contributed by atoms with Crippen molar-refractivity contribution in [3.05, 3.63) is 48.3 Å².